The molecule has 1 aliphatic rings. The van der Waals surface area contributed by atoms with Gasteiger partial charge in [0.25, 0.3) is 0 Å². The van der Waals surface area contributed by atoms with Gasteiger partial charge in [0.15, 0.2) is 8.32 Å². The number of aliphatic hydroxyl groups is 1. The van der Waals surface area contributed by atoms with Crippen LogP contribution >= 0.6 is 0 Å². The highest BCUT2D eigenvalue weighted by molar-refractivity contribution is 6.83. The number of Topliss-reactive ketones (excluding diaryl/α,β-unsaturated/α-hetero) is 1. The van der Waals surface area contributed by atoms with Gasteiger partial charge < -0.3 is 9.53 Å². The van der Waals surface area contributed by atoms with Crippen molar-refractivity contribution in [1.82, 2.24) is 0 Å². The van der Waals surface area contributed by atoms with E-state index >= 15 is 0 Å². The first-order valence-corrected chi connectivity index (χ1v) is 15.3. The quantitative estimate of drug-likeness (QED) is 0.579. The lowest BCUT2D eigenvalue weighted by atomic mass is 9.79. The summed E-state index contributed by atoms with van der Waals surface area (Å²) in [6, 6.07) is 0. The van der Waals surface area contributed by atoms with Gasteiger partial charge in [-0.3, -0.25) is 4.79 Å². The minimum Gasteiger partial charge on any atom is -0.401 e. The summed E-state index contributed by atoms with van der Waals surface area (Å²) in [5.41, 5.74) is 1.42. The van der Waals surface area contributed by atoms with E-state index in [1.807, 2.05) is 0 Å². The Morgan fingerprint density at radius 1 is 1.12 bits per heavy atom. The van der Waals surface area contributed by atoms with Crippen molar-refractivity contribution in [2.24, 2.45) is 5.41 Å². The van der Waals surface area contributed by atoms with Gasteiger partial charge in [0, 0.05) is 0 Å². The average Bonchev–Trinajstić information content (AvgIpc) is 3.12. The summed E-state index contributed by atoms with van der Waals surface area (Å²) >= 11 is 0. The third kappa shape index (κ3) is 4.40. The van der Waals surface area contributed by atoms with Crippen molar-refractivity contribution >= 4 is 22.2 Å². The Hall–Kier alpha value is -0.416. The van der Waals surface area contributed by atoms with Crippen LogP contribution in [0.15, 0.2) is 0 Å². The van der Waals surface area contributed by atoms with Crippen LogP contribution < -0.4 is 0 Å². The maximum Gasteiger partial charge on any atom is 0.193 e. The van der Waals surface area contributed by atoms with Crippen molar-refractivity contribution in [3.05, 3.63) is 0 Å². The fourth-order valence-corrected chi connectivity index (χ4v) is 4.42. The lowest BCUT2D eigenvalue weighted by Crippen LogP contribution is -2.56. The third-order valence-corrected chi connectivity index (χ3v) is 11.0. The smallest absolute Gasteiger partial charge is 0.193 e. The second kappa shape index (κ2) is 6.39. The number of hydrogen-bond acceptors (Lipinski definition) is 3. The van der Waals surface area contributed by atoms with Crippen molar-refractivity contribution in [3.8, 4) is 11.5 Å². The Balaban J connectivity index is 3.30. The molecule has 1 aliphatic carbocycles. The number of ketones is 1. The first-order valence-electron chi connectivity index (χ1n) is 8.90. The lowest BCUT2D eigenvalue weighted by molar-refractivity contribution is -0.139. The van der Waals surface area contributed by atoms with Crippen molar-refractivity contribution in [2.45, 2.75) is 96.9 Å². The molecule has 0 amide bonds. The van der Waals surface area contributed by atoms with Crippen LogP contribution in [0.1, 0.15) is 47.5 Å². The van der Waals surface area contributed by atoms with Gasteiger partial charge >= 0.3 is 0 Å². The number of carbonyl (C=O) groups excluding carboxylic acids is 1. The Morgan fingerprint density at radius 3 is 1.88 bits per heavy atom. The number of hydrogen-bond donors (Lipinski definition) is 1. The standard InChI is InChI=1S/C19H36O3Si2/c1-15(20)19(12-13-19)18(5,21)16(11-14-23(6,7)8)22-24(9,10)17(2,3)4/h16,21H,12-13H2,1-10H3. The largest absolute Gasteiger partial charge is 0.401 e. The molecule has 138 valence electrons. The molecule has 2 unspecified atom stereocenters. The van der Waals surface area contributed by atoms with Crippen LogP contribution in [-0.2, 0) is 9.22 Å². The highest BCUT2D eigenvalue weighted by Gasteiger charge is 2.63. The SMILES string of the molecule is CC(=O)C1(C(C)(O)C(C#C[Si](C)(C)C)O[Si](C)(C)C(C)(C)C)CC1. The molecular weight excluding hydrogens is 332 g/mol. The summed E-state index contributed by atoms with van der Waals surface area (Å²) in [5, 5.41) is 11.4. The van der Waals surface area contributed by atoms with Crippen LogP contribution in [-0.4, -0.2) is 39.0 Å². The van der Waals surface area contributed by atoms with Crippen LogP contribution in [0.5, 0.6) is 0 Å². The molecule has 24 heavy (non-hydrogen) atoms. The summed E-state index contributed by atoms with van der Waals surface area (Å²) in [4.78, 5) is 12.2. The second-order valence-electron chi connectivity index (χ2n) is 10.1. The minimum atomic E-state index is -2.12. The number of carbonyl (C=O) groups is 1. The fraction of sp³-hybridized carbons (Fsp3) is 0.842. The zero-order valence-corrected chi connectivity index (χ0v) is 19.3. The summed E-state index contributed by atoms with van der Waals surface area (Å²) in [5.74, 6) is 3.30. The molecule has 0 aromatic carbocycles. The molecule has 0 bridgehead atoms. The predicted octanol–water partition coefficient (Wildman–Crippen LogP) is 4.38. The molecule has 3 nitrogen and oxygen atoms in total. The van der Waals surface area contributed by atoms with Gasteiger partial charge in [-0.05, 0) is 44.8 Å². The van der Waals surface area contributed by atoms with E-state index in [9.17, 15) is 9.90 Å². The van der Waals surface area contributed by atoms with Crippen LogP contribution in [0.4, 0.5) is 0 Å². The van der Waals surface area contributed by atoms with Gasteiger partial charge in [0.05, 0.1) is 5.41 Å². The van der Waals surface area contributed by atoms with Crippen LogP contribution in [0, 0.1) is 16.9 Å². The van der Waals surface area contributed by atoms with Gasteiger partial charge in [0.1, 0.15) is 25.6 Å². The van der Waals surface area contributed by atoms with Crippen LogP contribution in [0.25, 0.3) is 0 Å². The molecule has 0 aromatic heterocycles. The maximum atomic E-state index is 12.2. The molecule has 1 fully saturated rings. The van der Waals surface area contributed by atoms with E-state index in [2.05, 4.69) is 65.0 Å². The summed E-state index contributed by atoms with van der Waals surface area (Å²) in [6.07, 6.45) is 0.833. The third-order valence-electron chi connectivity index (χ3n) is 5.70. The number of rotatable bonds is 5. The molecule has 0 radical (unpaired) electrons. The zero-order chi connectivity index (χ0) is 19.2. The monoisotopic (exact) mass is 368 g/mol. The van der Waals surface area contributed by atoms with Crippen molar-refractivity contribution in [1.29, 1.82) is 0 Å². The molecule has 1 saturated carbocycles. The van der Waals surface area contributed by atoms with Crippen LogP contribution in [0.3, 0.4) is 0 Å². The minimum absolute atomic E-state index is 0.0229. The Bertz CT molecular complexity index is 550. The Labute approximate surface area is 150 Å². The maximum absolute atomic E-state index is 12.2. The van der Waals surface area contributed by atoms with Gasteiger partial charge in [-0.1, -0.05) is 46.3 Å². The molecule has 0 spiro atoms. The molecule has 1 N–H and O–H groups in total. The normalized spacial score (nSPS) is 21.3. The molecule has 0 heterocycles. The topological polar surface area (TPSA) is 46.5 Å². The van der Waals surface area contributed by atoms with Crippen molar-refractivity contribution < 1.29 is 14.3 Å². The van der Waals surface area contributed by atoms with E-state index < -0.39 is 33.5 Å². The highest BCUT2D eigenvalue weighted by atomic mass is 28.4. The Morgan fingerprint density at radius 2 is 1.58 bits per heavy atom. The first-order chi connectivity index (χ1) is 10.5. The van der Waals surface area contributed by atoms with E-state index in [-0.39, 0.29) is 10.8 Å². The van der Waals surface area contributed by atoms with E-state index in [1.165, 1.54) is 0 Å². The van der Waals surface area contributed by atoms with E-state index in [0.717, 1.165) is 12.8 Å². The van der Waals surface area contributed by atoms with E-state index in [0.29, 0.717) is 0 Å². The summed E-state index contributed by atoms with van der Waals surface area (Å²) in [6.45, 7) is 20.7. The van der Waals surface area contributed by atoms with E-state index in [4.69, 9.17) is 4.43 Å². The molecule has 5 heteroatoms. The molecular formula is C19H36O3Si2. The van der Waals surface area contributed by atoms with Gasteiger partial charge in [-0.15, -0.1) is 5.54 Å². The van der Waals surface area contributed by atoms with Crippen molar-refractivity contribution in [2.75, 3.05) is 0 Å². The zero-order valence-electron chi connectivity index (χ0n) is 17.3. The van der Waals surface area contributed by atoms with E-state index in [1.54, 1.807) is 13.8 Å². The summed E-state index contributed by atoms with van der Waals surface area (Å²) < 4.78 is 6.52. The molecule has 1 rings (SSSR count). The predicted molar refractivity (Wildman–Crippen MR) is 106 cm³/mol. The van der Waals surface area contributed by atoms with Gasteiger partial charge in [-0.2, -0.15) is 0 Å². The molecule has 0 aromatic rings. The van der Waals surface area contributed by atoms with Crippen LogP contribution in [0.2, 0.25) is 37.8 Å². The molecule has 0 aliphatic heterocycles. The van der Waals surface area contributed by atoms with Gasteiger partial charge in [-0.25, -0.2) is 0 Å². The average molecular weight is 369 g/mol. The Kier molecular flexibility index (Phi) is 5.76. The van der Waals surface area contributed by atoms with Gasteiger partial charge in [0.2, 0.25) is 0 Å². The first kappa shape index (κ1) is 21.6. The van der Waals surface area contributed by atoms with Crippen molar-refractivity contribution in [3.63, 3.8) is 0 Å². The lowest BCUT2D eigenvalue weighted by Gasteiger charge is -2.44. The summed E-state index contributed by atoms with van der Waals surface area (Å²) in [7, 11) is -3.73. The second-order valence-corrected chi connectivity index (χ2v) is 19.6. The highest BCUT2D eigenvalue weighted by Crippen LogP contribution is 2.57. The molecule has 0 saturated heterocycles. The molecule has 2 atom stereocenters. The fourth-order valence-electron chi connectivity index (χ4n) is 2.63.